The first-order valence-electron chi connectivity index (χ1n) is 6.07. The van der Waals surface area contributed by atoms with Crippen molar-refractivity contribution in [3.05, 3.63) is 33.9 Å². The number of benzene rings is 1. The van der Waals surface area contributed by atoms with Crippen molar-refractivity contribution in [1.29, 1.82) is 0 Å². The summed E-state index contributed by atoms with van der Waals surface area (Å²) in [6.45, 7) is 8.37. The van der Waals surface area contributed by atoms with Gasteiger partial charge in [-0.1, -0.05) is 19.9 Å². The number of hydrogen-bond acceptors (Lipinski definition) is 4. The molecule has 1 N–H and O–H groups in total. The normalized spacial score (nSPS) is 11.0. The molecule has 0 aliphatic carbocycles. The molecular weight excluding hydrogens is 232 g/mol. The number of nitrogens with one attached hydrogen (secondary N) is 1. The Morgan fingerprint density at radius 2 is 2.00 bits per heavy atom. The van der Waals surface area contributed by atoms with Gasteiger partial charge in [0.1, 0.15) is 0 Å². The molecule has 1 rings (SSSR count). The summed E-state index contributed by atoms with van der Waals surface area (Å²) in [6.07, 6.45) is -0.0802. The predicted octanol–water partition coefficient (Wildman–Crippen LogP) is 2.88. The van der Waals surface area contributed by atoms with Crippen molar-refractivity contribution < 1.29 is 9.66 Å². The molecule has 0 unspecified atom stereocenters. The second kappa shape index (κ2) is 6.35. The van der Waals surface area contributed by atoms with Gasteiger partial charge in [-0.3, -0.25) is 10.1 Å². The molecule has 5 heteroatoms. The third-order valence-corrected chi connectivity index (χ3v) is 2.30. The molecule has 0 saturated carbocycles. The van der Waals surface area contributed by atoms with E-state index >= 15 is 0 Å². The molecule has 0 aliphatic rings. The Morgan fingerprint density at radius 1 is 1.33 bits per heavy atom. The zero-order valence-corrected chi connectivity index (χ0v) is 11.3. The number of nitro benzene ring substituents is 1. The molecule has 0 aliphatic heterocycles. The fourth-order valence-electron chi connectivity index (χ4n) is 1.49. The lowest BCUT2D eigenvalue weighted by atomic mass is 10.1. The molecule has 5 nitrogen and oxygen atoms in total. The SMILES string of the molecule is CC(C)NCc1ccc(OC(C)C)c([N+](=O)[O-])c1. The Bertz CT molecular complexity index is 417. The summed E-state index contributed by atoms with van der Waals surface area (Å²) in [5.74, 6) is 0.322. The molecule has 18 heavy (non-hydrogen) atoms. The summed E-state index contributed by atoms with van der Waals surface area (Å²) in [6, 6.07) is 5.42. The van der Waals surface area contributed by atoms with Crippen LogP contribution < -0.4 is 10.1 Å². The van der Waals surface area contributed by atoms with Crippen LogP contribution in [0.3, 0.4) is 0 Å². The van der Waals surface area contributed by atoms with E-state index in [1.165, 1.54) is 0 Å². The van der Waals surface area contributed by atoms with E-state index in [-0.39, 0.29) is 11.8 Å². The zero-order valence-electron chi connectivity index (χ0n) is 11.3. The average molecular weight is 252 g/mol. The van der Waals surface area contributed by atoms with Crippen LogP contribution in [0.1, 0.15) is 33.3 Å². The van der Waals surface area contributed by atoms with Gasteiger partial charge in [0.25, 0.3) is 0 Å². The van der Waals surface area contributed by atoms with Crippen LogP contribution in [0.4, 0.5) is 5.69 Å². The van der Waals surface area contributed by atoms with Gasteiger partial charge >= 0.3 is 5.69 Å². The highest BCUT2D eigenvalue weighted by Crippen LogP contribution is 2.28. The summed E-state index contributed by atoms with van der Waals surface area (Å²) >= 11 is 0. The molecule has 0 aromatic heterocycles. The molecule has 0 atom stereocenters. The highest BCUT2D eigenvalue weighted by atomic mass is 16.6. The van der Waals surface area contributed by atoms with E-state index in [1.807, 2.05) is 33.8 Å². The summed E-state index contributed by atoms with van der Waals surface area (Å²) in [5, 5.41) is 14.2. The molecule has 0 saturated heterocycles. The van der Waals surface area contributed by atoms with Gasteiger partial charge in [-0.2, -0.15) is 0 Å². The fraction of sp³-hybridized carbons (Fsp3) is 0.538. The highest BCUT2D eigenvalue weighted by Gasteiger charge is 2.16. The van der Waals surface area contributed by atoms with Gasteiger partial charge in [-0.05, 0) is 25.5 Å². The zero-order chi connectivity index (χ0) is 13.7. The van der Waals surface area contributed by atoms with Crippen LogP contribution >= 0.6 is 0 Å². The van der Waals surface area contributed by atoms with Gasteiger partial charge in [-0.25, -0.2) is 0 Å². The minimum atomic E-state index is -0.406. The number of hydrogen-bond donors (Lipinski definition) is 1. The first-order valence-corrected chi connectivity index (χ1v) is 6.07. The van der Waals surface area contributed by atoms with Crippen LogP contribution in [0.5, 0.6) is 5.75 Å². The van der Waals surface area contributed by atoms with E-state index in [0.717, 1.165) is 5.56 Å². The van der Waals surface area contributed by atoms with E-state index < -0.39 is 4.92 Å². The van der Waals surface area contributed by atoms with Gasteiger partial charge in [-0.15, -0.1) is 0 Å². The maximum Gasteiger partial charge on any atom is 0.311 e. The standard InChI is InChI=1S/C13H20N2O3/c1-9(2)14-8-11-5-6-13(18-10(3)4)12(7-11)15(16)17/h5-7,9-10,14H,8H2,1-4H3. The fourth-order valence-corrected chi connectivity index (χ4v) is 1.49. The van der Waals surface area contributed by atoms with Crippen molar-refractivity contribution in [1.82, 2.24) is 5.32 Å². The van der Waals surface area contributed by atoms with Crippen LogP contribution in [-0.2, 0) is 6.54 Å². The summed E-state index contributed by atoms with van der Waals surface area (Å²) < 4.78 is 5.43. The van der Waals surface area contributed by atoms with Gasteiger partial charge < -0.3 is 10.1 Å². The molecule has 0 spiro atoms. The lowest BCUT2D eigenvalue weighted by molar-refractivity contribution is -0.386. The average Bonchev–Trinajstić information content (AvgIpc) is 2.26. The minimum absolute atomic E-state index is 0.0201. The van der Waals surface area contributed by atoms with E-state index in [1.54, 1.807) is 12.1 Å². The van der Waals surface area contributed by atoms with Crippen LogP contribution in [0.25, 0.3) is 0 Å². The first kappa shape index (κ1) is 14.4. The molecule has 0 bridgehead atoms. The molecular formula is C13H20N2O3. The Kier molecular flexibility index (Phi) is 5.09. The van der Waals surface area contributed by atoms with Crippen LogP contribution in [0.15, 0.2) is 18.2 Å². The van der Waals surface area contributed by atoms with Crippen molar-refractivity contribution >= 4 is 5.69 Å². The molecule has 0 fully saturated rings. The third kappa shape index (κ3) is 4.33. The smallest absolute Gasteiger partial charge is 0.311 e. The van der Waals surface area contributed by atoms with Crippen molar-refractivity contribution in [2.24, 2.45) is 0 Å². The lowest BCUT2D eigenvalue weighted by Crippen LogP contribution is -2.21. The van der Waals surface area contributed by atoms with E-state index in [0.29, 0.717) is 18.3 Å². The molecule has 1 aromatic rings. The van der Waals surface area contributed by atoms with E-state index in [4.69, 9.17) is 4.74 Å². The Labute approximate surface area is 107 Å². The number of nitro groups is 1. The molecule has 100 valence electrons. The van der Waals surface area contributed by atoms with E-state index in [2.05, 4.69) is 5.32 Å². The van der Waals surface area contributed by atoms with Crippen LogP contribution in [0, 0.1) is 10.1 Å². The van der Waals surface area contributed by atoms with Gasteiger partial charge in [0, 0.05) is 18.7 Å². The van der Waals surface area contributed by atoms with Crippen molar-refractivity contribution in [3.8, 4) is 5.75 Å². The summed E-state index contributed by atoms with van der Waals surface area (Å²) in [4.78, 5) is 10.6. The highest BCUT2D eigenvalue weighted by molar-refractivity contribution is 5.48. The molecule has 0 amide bonds. The molecule has 1 aromatic carbocycles. The molecule has 0 heterocycles. The number of rotatable bonds is 6. The Morgan fingerprint density at radius 3 is 2.50 bits per heavy atom. The lowest BCUT2D eigenvalue weighted by Gasteiger charge is -2.12. The Balaban J connectivity index is 2.92. The van der Waals surface area contributed by atoms with Gasteiger partial charge in [0.05, 0.1) is 11.0 Å². The molecule has 0 radical (unpaired) electrons. The second-order valence-corrected chi connectivity index (χ2v) is 4.76. The van der Waals surface area contributed by atoms with Crippen molar-refractivity contribution in [2.75, 3.05) is 0 Å². The maximum absolute atomic E-state index is 11.0. The predicted molar refractivity (Wildman–Crippen MR) is 70.8 cm³/mol. The topological polar surface area (TPSA) is 64.4 Å². The van der Waals surface area contributed by atoms with Gasteiger partial charge in [0.15, 0.2) is 5.75 Å². The van der Waals surface area contributed by atoms with Gasteiger partial charge in [0.2, 0.25) is 0 Å². The van der Waals surface area contributed by atoms with E-state index in [9.17, 15) is 10.1 Å². The minimum Gasteiger partial charge on any atom is -0.484 e. The maximum atomic E-state index is 11.0. The third-order valence-electron chi connectivity index (χ3n) is 2.30. The quantitative estimate of drug-likeness (QED) is 0.624. The number of nitrogens with zero attached hydrogens (tertiary/aromatic N) is 1. The first-order chi connectivity index (χ1) is 8.40. The monoisotopic (exact) mass is 252 g/mol. The summed E-state index contributed by atoms with van der Waals surface area (Å²) in [5.41, 5.74) is 0.901. The number of ether oxygens (including phenoxy) is 1. The van der Waals surface area contributed by atoms with Crippen molar-refractivity contribution in [2.45, 2.75) is 46.4 Å². The Hall–Kier alpha value is -1.62. The largest absolute Gasteiger partial charge is 0.484 e. The summed E-state index contributed by atoms with van der Waals surface area (Å²) in [7, 11) is 0. The second-order valence-electron chi connectivity index (χ2n) is 4.76. The van der Waals surface area contributed by atoms with Crippen molar-refractivity contribution in [3.63, 3.8) is 0 Å². The van der Waals surface area contributed by atoms with Crippen LogP contribution in [0.2, 0.25) is 0 Å². The van der Waals surface area contributed by atoms with Crippen LogP contribution in [-0.4, -0.2) is 17.1 Å².